The topological polar surface area (TPSA) is 63.8 Å². The Labute approximate surface area is 109 Å². The Bertz CT molecular complexity index is 526. The fraction of sp³-hybridized carbons (Fsp3) is 0.273. The third-order valence-electron chi connectivity index (χ3n) is 2.50. The molecule has 0 saturated carbocycles. The van der Waals surface area contributed by atoms with Crippen LogP contribution in [0.3, 0.4) is 0 Å². The maximum Gasteiger partial charge on any atom is 0.134 e. The maximum absolute atomic E-state index is 5.91. The average molecular weight is 269 g/mol. The number of aromatic nitrogens is 2. The van der Waals surface area contributed by atoms with E-state index in [0.717, 1.165) is 20.6 Å². The van der Waals surface area contributed by atoms with Crippen molar-refractivity contribution in [2.75, 3.05) is 11.1 Å². The van der Waals surface area contributed by atoms with Crippen LogP contribution in [-0.4, -0.2) is 9.97 Å². The van der Waals surface area contributed by atoms with Crippen LogP contribution in [0.5, 0.6) is 0 Å². The highest BCUT2D eigenvalue weighted by atomic mass is 35.5. The molecule has 0 aromatic carbocycles. The van der Waals surface area contributed by atoms with Gasteiger partial charge in [-0.3, -0.25) is 0 Å². The van der Waals surface area contributed by atoms with Gasteiger partial charge in [0, 0.05) is 10.4 Å². The van der Waals surface area contributed by atoms with Gasteiger partial charge in [-0.05, 0) is 26.0 Å². The molecule has 3 N–H and O–H groups in total. The molecule has 0 aliphatic heterocycles. The van der Waals surface area contributed by atoms with Crippen molar-refractivity contribution >= 4 is 34.6 Å². The fourth-order valence-electron chi connectivity index (χ4n) is 1.45. The molecule has 2 aromatic rings. The van der Waals surface area contributed by atoms with Crippen molar-refractivity contribution in [1.82, 2.24) is 9.97 Å². The number of hydrogen-bond donors (Lipinski definition) is 2. The van der Waals surface area contributed by atoms with E-state index in [4.69, 9.17) is 17.3 Å². The number of nitrogen functional groups attached to an aromatic ring is 1. The first kappa shape index (κ1) is 12.1. The van der Waals surface area contributed by atoms with Crippen LogP contribution in [0.2, 0.25) is 4.34 Å². The van der Waals surface area contributed by atoms with Gasteiger partial charge in [0.2, 0.25) is 0 Å². The monoisotopic (exact) mass is 268 g/mol. The van der Waals surface area contributed by atoms with Crippen LogP contribution >= 0.6 is 22.9 Å². The van der Waals surface area contributed by atoms with E-state index < -0.39 is 0 Å². The van der Waals surface area contributed by atoms with Gasteiger partial charge in [-0.25, -0.2) is 9.97 Å². The van der Waals surface area contributed by atoms with Crippen LogP contribution in [0.4, 0.5) is 11.6 Å². The van der Waals surface area contributed by atoms with Crippen LogP contribution in [-0.2, 0) is 0 Å². The number of thiophene rings is 1. The van der Waals surface area contributed by atoms with Crippen molar-refractivity contribution in [3.05, 3.63) is 33.2 Å². The number of nitrogens with one attached hydrogen (secondary N) is 1. The Morgan fingerprint density at radius 3 is 2.82 bits per heavy atom. The van der Waals surface area contributed by atoms with Crippen LogP contribution in [0.1, 0.15) is 23.4 Å². The molecule has 6 heteroatoms. The number of halogens is 1. The molecule has 0 amide bonds. The molecule has 1 unspecified atom stereocenters. The third kappa shape index (κ3) is 2.68. The molecule has 0 fully saturated rings. The summed E-state index contributed by atoms with van der Waals surface area (Å²) in [7, 11) is 0. The third-order valence-corrected chi connectivity index (χ3v) is 3.91. The standard InChI is InChI=1S/C11H13ClN4S/c1-6-10(13)14-5-15-11(6)16-7(2)8-3-4-9(12)17-8/h3-5,7H,1-2H3,(H3,13,14,15,16). The predicted octanol–water partition coefficient (Wildman–Crippen LogP) is 3.26. The Kier molecular flexibility index (Phi) is 3.49. The summed E-state index contributed by atoms with van der Waals surface area (Å²) in [5.74, 6) is 1.26. The van der Waals surface area contributed by atoms with E-state index in [-0.39, 0.29) is 6.04 Å². The second-order valence-corrected chi connectivity index (χ2v) is 5.49. The Balaban J connectivity index is 2.18. The lowest BCUT2D eigenvalue weighted by molar-refractivity contribution is 0.889. The molecule has 2 rings (SSSR count). The van der Waals surface area contributed by atoms with Gasteiger partial charge >= 0.3 is 0 Å². The molecule has 90 valence electrons. The minimum atomic E-state index is 0.139. The molecule has 17 heavy (non-hydrogen) atoms. The van der Waals surface area contributed by atoms with Crippen LogP contribution in [0, 0.1) is 6.92 Å². The van der Waals surface area contributed by atoms with E-state index in [9.17, 15) is 0 Å². The number of nitrogens with zero attached hydrogens (tertiary/aromatic N) is 2. The first-order valence-electron chi connectivity index (χ1n) is 5.16. The van der Waals surface area contributed by atoms with E-state index in [1.165, 1.54) is 6.33 Å². The summed E-state index contributed by atoms with van der Waals surface area (Å²) in [5, 5.41) is 3.30. The SMILES string of the molecule is Cc1c(N)ncnc1NC(C)c1ccc(Cl)s1. The van der Waals surface area contributed by atoms with Crippen molar-refractivity contribution in [2.24, 2.45) is 0 Å². The normalized spacial score (nSPS) is 12.4. The maximum atomic E-state index is 5.91. The Morgan fingerprint density at radius 2 is 2.18 bits per heavy atom. The Morgan fingerprint density at radius 1 is 1.41 bits per heavy atom. The molecule has 2 aromatic heterocycles. The minimum Gasteiger partial charge on any atom is -0.383 e. The highest BCUT2D eigenvalue weighted by Gasteiger charge is 2.11. The summed E-state index contributed by atoms with van der Waals surface area (Å²) in [6.07, 6.45) is 1.46. The summed E-state index contributed by atoms with van der Waals surface area (Å²) in [6.45, 7) is 3.95. The zero-order valence-electron chi connectivity index (χ0n) is 9.57. The summed E-state index contributed by atoms with van der Waals surface area (Å²) in [4.78, 5) is 9.27. The first-order valence-corrected chi connectivity index (χ1v) is 6.36. The predicted molar refractivity (Wildman–Crippen MR) is 72.5 cm³/mol. The molecule has 1 atom stereocenters. The zero-order valence-corrected chi connectivity index (χ0v) is 11.1. The number of nitrogens with two attached hydrogens (primary N) is 1. The van der Waals surface area contributed by atoms with Gasteiger partial charge in [0.25, 0.3) is 0 Å². The van der Waals surface area contributed by atoms with E-state index >= 15 is 0 Å². The van der Waals surface area contributed by atoms with Gasteiger partial charge in [0.1, 0.15) is 18.0 Å². The van der Waals surface area contributed by atoms with Gasteiger partial charge in [0.05, 0.1) is 10.4 Å². The second kappa shape index (κ2) is 4.89. The van der Waals surface area contributed by atoms with E-state index in [2.05, 4.69) is 22.2 Å². The molecule has 0 aliphatic carbocycles. The van der Waals surface area contributed by atoms with Gasteiger partial charge in [0.15, 0.2) is 0 Å². The number of rotatable bonds is 3. The van der Waals surface area contributed by atoms with E-state index in [0.29, 0.717) is 5.82 Å². The molecule has 0 saturated heterocycles. The molecule has 0 aliphatic rings. The largest absolute Gasteiger partial charge is 0.383 e. The average Bonchev–Trinajstić information content (AvgIpc) is 2.72. The van der Waals surface area contributed by atoms with Gasteiger partial charge in [-0.15, -0.1) is 11.3 Å². The van der Waals surface area contributed by atoms with Crippen molar-refractivity contribution in [3.8, 4) is 0 Å². The summed E-state index contributed by atoms with van der Waals surface area (Å²) < 4.78 is 0.785. The lowest BCUT2D eigenvalue weighted by atomic mass is 10.2. The second-order valence-electron chi connectivity index (χ2n) is 3.74. The first-order chi connectivity index (χ1) is 8.08. The van der Waals surface area contributed by atoms with Gasteiger partial charge < -0.3 is 11.1 Å². The number of hydrogen-bond acceptors (Lipinski definition) is 5. The van der Waals surface area contributed by atoms with Crippen molar-refractivity contribution in [2.45, 2.75) is 19.9 Å². The summed E-state index contributed by atoms with van der Waals surface area (Å²) in [6, 6.07) is 4.03. The fourth-order valence-corrected chi connectivity index (χ4v) is 2.51. The van der Waals surface area contributed by atoms with Crippen molar-refractivity contribution in [1.29, 1.82) is 0 Å². The van der Waals surface area contributed by atoms with E-state index in [1.807, 2.05) is 19.1 Å². The van der Waals surface area contributed by atoms with Crippen molar-refractivity contribution < 1.29 is 0 Å². The van der Waals surface area contributed by atoms with Gasteiger partial charge in [-0.2, -0.15) is 0 Å². The lowest BCUT2D eigenvalue weighted by Gasteiger charge is -2.14. The van der Waals surface area contributed by atoms with Crippen LogP contribution in [0.15, 0.2) is 18.5 Å². The molecule has 4 nitrogen and oxygen atoms in total. The zero-order chi connectivity index (χ0) is 12.4. The molecular formula is C11H13ClN4S. The minimum absolute atomic E-state index is 0.139. The lowest BCUT2D eigenvalue weighted by Crippen LogP contribution is -2.09. The summed E-state index contributed by atoms with van der Waals surface area (Å²) >= 11 is 7.46. The van der Waals surface area contributed by atoms with E-state index in [1.54, 1.807) is 11.3 Å². The smallest absolute Gasteiger partial charge is 0.134 e. The molecule has 0 spiro atoms. The van der Waals surface area contributed by atoms with Crippen molar-refractivity contribution in [3.63, 3.8) is 0 Å². The molecule has 0 bridgehead atoms. The number of anilines is 2. The van der Waals surface area contributed by atoms with Crippen LogP contribution < -0.4 is 11.1 Å². The summed E-state index contributed by atoms with van der Waals surface area (Å²) in [5.41, 5.74) is 6.59. The molecule has 2 heterocycles. The molecule has 0 radical (unpaired) electrons. The highest BCUT2D eigenvalue weighted by molar-refractivity contribution is 7.16. The Hall–Kier alpha value is -1.33. The quantitative estimate of drug-likeness (QED) is 0.897. The molecular weight excluding hydrogens is 256 g/mol. The van der Waals surface area contributed by atoms with Crippen LogP contribution in [0.25, 0.3) is 0 Å². The highest BCUT2D eigenvalue weighted by Crippen LogP contribution is 2.29. The van der Waals surface area contributed by atoms with Gasteiger partial charge in [-0.1, -0.05) is 11.6 Å².